The third-order valence-electron chi connectivity index (χ3n) is 4.76. The van der Waals surface area contributed by atoms with Crippen LogP contribution in [0.3, 0.4) is 0 Å². The maximum absolute atomic E-state index is 13.7. The Labute approximate surface area is 179 Å². The second-order valence-electron chi connectivity index (χ2n) is 7.19. The van der Waals surface area contributed by atoms with Crippen LogP contribution in [-0.2, 0) is 0 Å². The highest BCUT2D eigenvalue weighted by Gasteiger charge is 2.17. The fourth-order valence-electron chi connectivity index (χ4n) is 2.71. The van der Waals surface area contributed by atoms with E-state index in [4.69, 9.17) is 4.52 Å². The minimum absolute atomic E-state index is 0.106. The number of hydrogen-bond acceptors (Lipinski definition) is 5. The predicted molar refractivity (Wildman–Crippen MR) is 112 cm³/mol. The topological polar surface area (TPSA) is 59.2 Å². The Morgan fingerprint density at radius 2 is 1.77 bits per heavy atom. The molecule has 0 N–H and O–H groups in total. The van der Waals surface area contributed by atoms with E-state index in [9.17, 15) is 18.0 Å². The zero-order valence-corrected chi connectivity index (χ0v) is 17.8. The van der Waals surface area contributed by atoms with Gasteiger partial charge in [-0.2, -0.15) is 4.98 Å². The Bertz CT molecular complexity index is 961. The molecule has 1 atom stereocenters. The van der Waals surface area contributed by atoms with Gasteiger partial charge in [0.1, 0.15) is 23.7 Å². The summed E-state index contributed by atoms with van der Waals surface area (Å²) in [4.78, 5) is 16.5. The molecule has 0 radical (unpaired) electrons. The molecular formula is C23H26F3N3O2. The van der Waals surface area contributed by atoms with Gasteiger partial charge in [-0.3, -0.25) is 4.79 Å². The van der Waals surface area contributed by atoms with Gasteiger partial charge in [-0.05, 0) is 69.4 Å². The summed E-state index contributed by atoms with van der Waals surface area (Å²) in [5, 5.41) is 3.80. The van der Waals surface area contributed by atoms with Crippen molar-refractivity contribution in [2.45, 2.75) is 32.6 Å². The number of aldehydes is 1. The summed E-state index contributed by atoms with van der Waals surface area (Å²) in [6, 6.07) is 8.69. The van der Waals surface area contributed by atoms with Gasteiger partial charge >= 0.3 is 0 Å². The lowest BCUT2D eigenvalue weighted by molar-refractivity contribution is 0.112. The molecule has 3 rings (SSSR count). The van der Waals surface area contributed by atoms with Crippen molar-refractivity contribution >= 4 is 6.29 Å². The van der Waals surface area contributed by atoms with Crippen LogP contribution in [0.25, 0.3) is 11.4 Å². The van der Waals surface area contributed by atoms with Crippen LogP contribution in [0.2, 0.25) is 0 Å². The van der Waals surface area contributed by atoms with Gasteiger partial charge in [-0.15, -0.1) is 0 Å². The monoisotopic (exact) mass is 433 g/mol. The summed E-state index contributed by atoms with van der Waals surface area (Å²) in [5.74, 6) is -0.888. The number of carbonyl (C=O) groups is 1. The molecule has 0 aliphatic heterocycles. The molecule has 3 aromatic rings. The molecule has 166 valence electrons. The molecule has 2 aromatic carbocycles. The number of aromatic nitrogens is 2. The number of rotatable bonds is 8. The molecule has 8 heteroatoms. The SMILES string of the molecule is CCN(C)CCC[C@@H](C)c1nc(-c2ccc(F)cc2F)no1.O=Cc1ccc(F)cc1. The molecule has 0 fully saturated rings. The zero-order chi connectivity index (χ0) is 22.8. The molecule has 0 saturated heterocycles. The Morgan fingerprint density at radius 1 is 1.10 bits per heavy atom. The van der Waals surface area contributed by atoms with Crippen LogP contribution in [0.4, 0.5) is 13.2 Å². The summed E-state index contributed by atoms with van der Waals surface area (Å²) in [7, 11) is 2.08. The van der Waals surface area contributed by atoms with E-state index in [1.165, 1.54) is 36.4 Å². The zero-order valence-electron chi connectivity index (χ0n) is 17.8. The maximum atomic E-state index is 13.7. The predicted octanol–water partition coefficient (Wildman–Crippen LogP) is 5.49. The highest BCUT2D eigenvalue weighted by atomic mass is 19.1. The lowest BCUT2D eigenvalue weighted by Crippen LogP contribution is -2.19. The minimum atomic E-state index is -0.690. The molecule has 1 heterocycles. The summed E-state index contributed by atoms with van der Waals surface area (Å²) in [6.45, 7) is 6.15. The summed E-state index contributed by atoms with van der Waals surface area (Å²) < 4.78 is 44.0. The van der Waals surface area contributed by atoms with Crippen LogP contribution in [0.5, 0.6) is 0 Å². The van der Waals surface area contributed by atoms with E-state index in [1.54, 1.807) is 0 Å². The Balaban J connectivity index is 0.000000316. The van der Waals surface area contributed by atoms with Gasteiger partial charge in [-0.1, -0.05) is 19.0 Å². The van der Waals surface area contributed by atoms with E-state index < -0.39 is 11.6 Å². The molecule has 0 bridgehead atoms. The van der Waals surface area contributed by atoms with Crippen molar-refractivity contribution in [2.24, 2.45) is 0 Å². The maximum Gasteiger partial charge on any atom is 0.229 e. The van der Waals surface area contributed by atoms with Crippen molar-refractivity contribution in [3.05, 3.63) is 71.4 Å². The molecule has 31 heavy (non-hydrogen) atoms. The number of halogens is 3. The number of benzene rings is 2. The van der Waals surface area contributed by atoms with Gasteiger partial charge in [0.15, 0.2) is 0 Å². The standard InChI is InChI=1S/C16H21F2N3O.C7H5FO/c1-4-21(3)9-5-6-11(2)16-19-15(20-22-16)13-8-7-12(17)10-14(13)18;8-7-3-1-6(5-9)2-4-7/h7-8,10-11H,4-6,9H2,1-3H3;1-5H/t11-;/m1./s1. The Hall–Kier alpha value is -3.00. The van der Waals surface area contributed by atoms with Gasteiger partial charge in [0.2, 0.25) is 11.7 Å². The largest absolute Gasteiger partial charge is 0.339 e. The summed E-state index contributed by atoms with van der Waals surface area (Å²) in [5.41, 5.74) is 0.644. The smallest absolute Gasteiger partial charge is 0.229 e. The van der Waals surface area contributed by atoms with E-state index >= 15 is 0 Å². The van der Waals surface area contributed by atoms with Crippen LogP contribution >= 0.6 is 0 Å². The first-order valence-corrected chi connectivity index (χ1v) is 10.0. The first-order valence-electron chi connectivity index (χ1n) is 10.0. The van der Waals surface area contributed by atoms with E-state index in [0.717, 1.165) is 32.0 Å². The summed E-state index contributed by atoms with van der Waals surface area (Å²) in [6.07, 6.45) is 2.62. The van der Waals surface area contributed by atoms with Crippen LogP contribution in [0.15, 0.2) is 47.0 Å². The highest BCUT2D eigenvalue weighted by molar-refractivity contribution is 5.74. The third kappa shape index (κ3) is 7.64. The van der Waals surface area contributed by atoms with Gasteiger partial charge in [0.05, 0.1) is 5.56 Å². The van der Waals surface area contributed by atoms with Gasteiger partial charge < -0.3 is 9.42 Å². The van der Waals surface area contributed by atoms with Gasteiger partial charge in [0, 0.05) is 17.5 Å². The average molecular weight is 433 g/mol. The normalized spacial score (nSPS) is 11.7. The molecular weight excluding hydrogens is 407 g/mol. The Morgan fingerprint density at radius 3 is 2.39 bits per heavy atom. The van der Waals surface area contributed by atoms with E-state index in [0.29, 0.717) is 17.7 Å². The lowest BCUT2D eigenvalue weighted by Gasteiger charge is -2.14. The van der Waals surface area contributed by atoms with Crippen molar-refractivity contribution in [1.82, 2.24) is 15.0 Å². The van der Waals surface area contributed by atoms with Crippen LogP contribution < -0.4 is 0 Å². The fraction of sp³-hybridized carbons (Fsp3) is 0.348. The van der Waals surface area contributed by atoms with E-state index in [1.807, 2.05) is 6.92 Å². The molecule has 5 nitrogen and oxygen atoms in total. The molecule has 0 amide bonds. The van der Waals surface area contributed by atoms with Crippen molar-refractivity contribution in [2.75, 3.05) is 20.1 Å². The van der Waals surface area contributed by atoms with Gasteiger partial charge in [-0.25, -0.2) is 13.2 Å². The number of hydrogen-bond donors (Lipinski definition) is 0. The number of carbonyl (C=O) groups excluding carboxylic acids is 1. The quantitative estimate of drug-likeness (QED) is 0.440. The molecule has 0 saturated carbocycles. The lowest BCUT2D eigenvalue weighted by atomic mass is 10.1. The van der Waals surface area contributed by atoms with Crippen LogP contribution in [0.1, 0.15) is 48.9 Å². The summed E-state index contributed by atoms with van der Waals surface area (Å²) >= 11 is 0. The first kappa shape index (κ1) is 24.3. The highest BCUT2D eigenvalue weighted by Crippen LogP contribution is 2.24. The van der Waals surface area contributed by atoms with Crippen molar-refractivity contribution in [3.8, 4) is 11.4 Å². The number of nitrogens with zero attached hydrogens (tertiary/aromatic N) is 3. The molecule has 0 aliphatic carbocycles. The second-order valence-corrected chi connectivity index (χ2v) is 7.19. The average Bonchev–Trinajstić information content (AvgIpc) is 3.24. The first-order chi connectivity index (χ1) is 14.8. The molecule has 0 unspecified atom stereocenters. The van der Waals surface area contributed by atoms with Gasteiger partial charge in [0.25, 0.3) is 0 Å². The molecule has 1 aromatic heterocycles. The molecule has 0 aliphatic rings. The fourth-order valence-corrected chi connectivity index (χ4v) is 2.71. The van der Waals surface area contributed by atoms with Crippen molar-refractivity contribution < 1.29 is 22.5 Å². The van der Waals surface area contributed by atoms with Crippen molar-refractivity contribution in [3.63, 3.8) is 0 Å². The third-order valence-corrected chi connectivity index (χ3v) is 4.76. The molecule has 0 spiro atoms. The van der Waals surface area contributed by atoms with E-state index in [-0.39, 0.29) is 23.1 Å². The van der Waals surface area contributed by atoms with Crippen molar-refractivity contribution in [1.29, 1.82) is 0 Å². The van der Waals surface area contributed by atoms with Crippen LogP contribution in [-0.4, -0.2) is 41.5 Å². The second kappa shape index (κ2) is 12.0. The van der Waals surface area contributed by atoms with E-state index in [2.05, 4.69) is 29.0 Å². The van der Waals surface area contributed by atoms with Crippen LogP contribution in [0, 0.1) is 17.5 Å². The minimum Gasteiger partial charge on any atom is -0.339 e. The Kier molecular flexibility index (Phi) is 9.40.